The highest BCUT2D eigenvalue weighted by molar-refractivity contribution is 5.61. The van der Waals surface area contributed by atoms with E-state index in [2.05, 4.69) is 16.2 Å². The number of hydrogen-bond donors (Lipinski definition) is 0. The van der Waals surface area contributed by atoms with Crippen LogP contribution in [0.15, 0.2) is 53.2 Å². The number of aromatic nitrogens is 2. The van der Waals surface area contributed by atoms with E-state index in [1.54, 1.807) is 13.3 Å². The maximum absolute atomic E-state index is 5.54. The van der Waals surface area contributed by atoms with Crippen molar-refractivity contribution in [3.05, 3.63) is 65.6 Å². The Hall–Kier alpha value is -2.66. The number of benzene rings is 1. The van der Waals surface area contributed by atoms with Crippen molar-refractivity contribution < 1.29 is 14.0 Å². The van der Waals surface area contributed by atoms with Crippen LogP contribution in [0.25, 0.3) is 11.3 Å². The van der Waals surface area contributed by atoms with Crippen LogP contribution in [0, 0.1) is 0 Å². The molecular weight excluding hydrogens is 292 g/mol. The van der Waals surface area contributed by atoms with Gasteiger partial charge in [0.2, 0.25) is 0 Å². The monoisotopic (exact) mass is 308 g/mol. The molecule has 1 unspecified atom stereocenters. The molecule has 1 atom stereocenters. The summed E-state index contributed by atoms with van der Waals surface area (Å²) in [6.45, 7) is 0.742. The molecule has 5 nitrogen and oxygen atoms in total. The first-order valence-electron chi connectivity index (χ1n) is 7.51. The second-order valence-electron chi connectivity index (χ2n) is 5.41. The van der Waals surface area contributed by atoms with Crippen LogP contribution < -0.4 is 4.74 Å². The zero-order chi connectivity index (χ0) is 15.6. The molecule has 116 valence electrons. The molecule has 0 radical (unpaired) electrons. The predicted molar refractivity (Wildman–Crippen MR) is 84.2 cm³/mol. The largest absolute Gasteiger partial charge is 0.493 e. The summed E-state index contributed by atoms with van der Waals surface area (Å²) in [5.41, 5.74) is 3.70. The second kappa shape index (κ2) is 5.85. The average molecular weight is 308 g/mol. The van der Waals surface area contributed by atoms with Gasteiger partial charge in [-0.15, -0.1) is 0 Å². The van der Waals surface area contributed by atoms with Crippen LogP contribution in [-0.2, 0) is 11.2 Å². The third-order valence-corrected chi connectivity index (χ3v) is 3.96. The van der Waals surface area contributed by atoms with Gasteiger partial charge in [-0.3, -0.25) is 4.98 Å². The number of nitrogens with zero attached hydrogens (tertiary/aromatic N) is 2. The van der Waals surface area contributed by atoms with Crippen LogP contribution in [0.2, 0.25) is 0 Å². The summed E-state index contributed by atoms with van der Waals surface area (Å²) in [5, 5.41) is 4.16. The summed E-state index contributed by atoms with van der Waals surface area (Å²) in [7, 11) is 1.64. The summed E-state index contributed by atoms with van der Waals surface area (Å²) in [6.07, 6.45) is 2.33. The van der Waals surface area contributed by atoms with Gasteiger partial charge in [0, 0.05) is 31.4 Å². The highest BCUT2D eigenvalue weighted by atomic mass is 16.5. The Morgan fingerprint density at radius 1 is 1.13 bits per heavy atom. The SMILES string of the molecule is COC(c1ccccn1)c1cc(-c2ccc3c(c2)CCO3)on1. The maximum Gasteiger partial charge on any atom is 0.167 e. The molecule has 3 aromatic rings. The number of methoxy groups -OCH3 is 1. The average Bonchev–Trinajstić information content (AvgIpc) is 3.25. The first-order valence-corrected chi connectivity index (χ1v) is 7.51. The first-order chi connectivity index (χ1) is 11.3. The molecule has 0 N–H and O–H groups in total. The summed E-state index contributed by atoms with van der Waals surface area (Å²) in [4.78, 5) is 4.33. The fraction of sp³-hybridized carbons (Fsp3) is 0.222. The number of rotatable bonds is 4. The Balaban J connectivity index is 1.66. The van der Waals surface area contributed by atoms with Crippen molar-refractivity contribution >= 4 is 0 Å². The quantitative estimate of drug-likeness (QED) is 0.739. The highest BCUT2D eigenvalue weighted by Crippen LogP contribution is 2.32. The number of hydrogen-bond acceptors (Lipinski definition) is 5. The molecule has 0 amide bonds. The maximum atomic E-state index is 5.54. The van der Waals surface area contributed by atoms with Crippen LogP contribution in [-0.4, -0.2) is 23.9 Å². The van der Waals surface area contributed by atoms with Crippen molar-refractivity contribution in [3.63, 3.8) is 0 Å². The molecule has 0 spiro atoms. The molecule has 1 aliphatic rings. The normalized spacial score (nSPS) is 14.3. The van der Waals surface area contributed by atoms with Gasteiger partial charge < -0.3 is 14.0 Å². The minimum Gasteiger partial charge on any atom is -0.493 e. The van der Waals surface area contributed by atoms with Crippen molar-refractivity contribution in [1.29, 1.82) is 0 Å². The van der Waals surface area contributed by atoms with Crippen LogP contribution in [0.1, 0.15) is 23.1 Å². The van der Waals surface area contributed by atoms with E-state index in [1.807, 2.05) is 36.4 Å². The van der Waals surface area contributed by atoms with Crippen LogP contribution in [0.5, 0.6) is 5.75 Å². The second-order valence-corrected chi connectivity index (χ2v) is 5.41. The Labute approximate surface area is 133 Å². The summed E-state index contributed by atoms with van der Waals surface area (Å²) >= 11 is 0. The molecule has 0 bridgehead atoms. The van der Waals surface area contributed by atoms with Gasteiger partial charge in [-0.2, -0.15) is 0 Å². The van der Waals surface area contributed by atoms with Crippen molar-refractivity contribution in [2.75, 3.05) is 13.7 Å². The minimum atomic E-state index is -0.341. The lowest BCUT2D eigenvalue weighted by Crippen LogP contribution is -2.05. The fourth-order valence-corrected chi connectivity index (χ4v) is 2.81. The zero-order valence-electron chi connectivity index (χ0n) is 12.7. The standard InChI is InChI=1S/C18H16N2O3/c1-21-18(14-4-2-3-8-19-14)15-11-17(23-20-15)12-5-6-16-13(10-12)7-9-22-16/h2-6,8,10-11,18H,7,9H2,1H3. The lowest BCUT2D eigenvalue weighted by molar-refractivity contribution is 0.126. The Morgan fingerprint density at radius 3 is 2.91 bits per heavy atom. The molecule has 0 aliphatic carbocycles. The van der Waals surface area contributed by atoms with Crippen molar-refractivity contribution in [1.82, 2.24) is 10.1 Å². The first kappa shape index (κ1) is 14.0. The van der Waals surface area contributed by atoms with E-state index in [4.69, 9.17) is 14.0 Å². The van der Waals surface area contributed by atoms with Gasteiger partial charge in [0.1, 0.15) is 17.5 Å². The van der Waals surface area contributed by atoms with E-state index in [0.29, 0.717) is 11.5 Å². The van der Waals surface area contributed by atoms with Crippen LogP contribution in [0.4, 0.5) is 0 Å². The molecule has 4 rings (SSSR count). The van der Waals surface area contributed by atoms with Gasteiger partial charge in [0.15, 0.2) is 5.76 Å². The smallest absolute Gasteiger partial charge is 0.167 e. The Kier molecular flexibility index (Phi) is 3.55. The van der Waals surface area contributed by atoms with E-state index < -0.39 is 0 Å². The van der Waals surface area contributed by atoms with Crippen molar-refractivity contribution in [2.24, 2.45) is 0 Å². The van der Waals surface area contributed by atoms with Gasteiger partial charge in [0.25, 0.3) is 0 Å². The number of pyridine rings is 1. The number of fused-ring (bicyclic) bond motifs is 1. The minimum absolute atomic E-state index is 0.341. The summed E-state index contributed by atoms with van der Waals surface area (Å²) in [5.74, 6) is 1.67. The summed E-state index contributed by atoms with van der Waals surface area (Å²) < 4.78 is 16.6. The molecule has 1 aromatic carbocycles. The lowest BCUT2D eigenvalue weighted by Gasteiger charge is -2.10. The highest BCUT2D eigenvalue weighted by Gasteiger charge is 2.21. The van der Waals surface area contributed by atoms with Crippen LogP contribution in [0.3, 0.4) is 0 Å². The topological polar surface area (TPSA) is 57.4 Å². The van der Waals surface area contributed by atoms with E-state index in [1.165, 1.54) is 5.56 Å². The lowest BCUT2D eigenvalue weighted by atomic mass is 10.1. The van der Waals surface area contributed by atoms with E-state index in [0.717, 1.165) is 30.0 Å². The van der Waals surface area contributed by atoms with E-state index in [9.17, 15) is 0 Å². The molecule has 0 saturated carbocycles. The Morgan fingerprint density at radius 2 is 2.09 bits per heavy atom. The van der Waals surface area contributed by atoms with Crippen LogP contribution >= 0.6 is 0 Å². The third-order valence-electron chi connectivity index (χ3n) is 3.96. The Bertz CT molecular complexity index is 814. The van der Waals surface area contributed by atoms with Gasteiger partial charge in [-0.05, 0) is 35.9 Å². The zero-order valence-corrected chi connectivity index (χ0v) is 12.7. The molecule has 5 heteroatoms. The van der Waals surface area contributed by atoms with Crippen molar-refractivity contribution in [3.8, 4) is 17.1 Å². The van der Waals surface area contributed by atoms with E-state index >= 15 is 0 Å². The molecule has 2 aromatic heterocycles. The van der Waals surface area contributed by atoms with Gasteiger partial charge >= 0.3 is 0 Å². The molecule has 23 heavy (non-hydrogen) atoms. The van der Waals surface area contributed by atoms with E-state index in [-0.39, 0.29) is 6.10 Å². The summed E-state index contributed by atoms with van der Waals surface area (Å²) in [6, 6.07) is 13.7. The van der Waals surface area contributed by atoms with Gasteiger partial charge in [-0.1, -0.05) is 11.2 Å². The fourth-order valence-electron chi connectivity index (χ4n) is 2.81. The molecule has 1 aliphatic heterocycles. The molecule has 0 fully saturated rings. The van der Waals surface area contributed by atoms with Gasteiger partial charge in [-0.25, -0.2) is 0 Å². The van der Waals surface area contributed by atoms with Gasteiger partial charge in [0.05, 0.1) is 12.3 Å². The third kappa shape index (κ3) is 2.59. The molecule has 0 saturated heterocycles. The molecular formula is C18H16N2O3. The number of ether oxygens (including phenoxy) is 2. The molecule has 3 heterocycles. The predicted octanol–water partition coefficient (Wildman–Crippen LogP) is 3.41. The van der Waals surface area contributed by atoms with Crippen molar-refractivity contribution in [2.45, 2.75) is 12.5 Å².